The van der Waals surface area contributed by atoms with E-state index >= 15 is 0 Å². The number of para-hydroxylation sites is 1. The summed E-state index contributed by atoms with van der Waals surface area (Å²) in [6.07, 6.45) is -4.42. The van der Waals surface area contributed by atoms with Crippen molar-refractivity contribution in [3.05, 3.63) is 81.7 Å². The van der Waals surface area contributed by atoms with E-state index in [1.807, 2.05) is 0 Å². The van der Waals surface area contributed by atoms with E-state index in [-0.39, 0.29) is 5.56 Å². The Morgan fingerprint density at radius 1 is 1.08 bits per heavy atom. The third-order valence-electron chi connectivity index (χ3n) is 3.97. The monoisotopic (exact) mass is 361 g/mol. The van der Waals surface area contributed by atoms with Crippen molar-refractivity contribution in [1.29, 1.82) is 0 Å². The molecule has 0 unspecified atom stereocenters. The summed E-state index contributed by atoms with van der Waals surface area (Å²) in [5, 5.41) is 3.19. The number of benzene rings is 2. The van der Waals surface area contributed by atoms with Gasteiger partial charge in [-0.3, -0.25) is 4.79 Å². The van der Waals surface area contributed by atoms with Gasteiger partial charge in [-0.25, -0.2) is 4.79 Å². The highest BCUT2D eigenvalue weighted by Gasteiger charge is 2.30. The van der Waals surface area contributed by atoms with Crippen molar-refractivity contribution < 1.29 is 22.4 Å². The fourth-order valence-electron chi connectivity index (χ4n) is 2.54. The molecule has 0 fully saturated rings. The highest BCUT2D eigenvalue weighted by molar-refractivity contribution is 5.96. The van der Waals surface area contributed by atoms with Crippen LogP contribution in [0.3, 0.4) is 0 Å². The van der Waals surface area contributed by atoms with E-state index in [1.165, 1.54) is 18.2 Å². The number of hydrogen-bond donors (Lipinski definition) is 1. The van der Waals surface area contributed by atoms with Crippen LogP contribution in [0.1, 0.15) is 34.5 Å². The lowest BCUT2D eigenvalue weighted by atomic mass is 10.1. The number of nitrogens with one attached hydrogen (secondary N) is 1. The molecule has 0 aliphatic heterocycles. The molecule has 0 bridgehead atoms. The maximum atomic E-state index is 12.6. The van der Waals surface area contributed by atoms with E-state index in [9.17, 15) is 22.8 Å². The van der Waals surface area contributed by atoms with Crippen molar-refractivity contribution in [1.82, 2.24) is 5.32 Å². The lowest BCUT2D eigenvalue weighted by molar-refractivity contribution is -0.137. The molecule has 0 spiro atoms. The second-order valence-corrected chi connectivity index (χ2v) is 5.80. The lowest BCUT2D eigenvalue weighted by Gasteiger charge is -2.15. The maximum Gasteiger partial charge on any atom is 0.416 e. The van der Waals surface area contributed by atoms with Gasteiger partial charge in [0.15, 0.2) is 0 Å². The first kappa shape index (κ1) is 17.7. The number of rotatable bonds is 3. The molecule has 1 atom stereocenters. The Labute approximate surface area is 146 Å². The van der Waals surface area contributed by atoms with Gasteiger partial charge in [0.05, 0.1) is 11.6 Å². The second-order valence-electron chi connectivity index (χ2n) is 5.80. The van der Waals surface area contributed by atoms with Crippen LogP contribution in [0, 0.1) is 0 Å². The van der Waals surface area contributed by atoms with Crippen LogP contribution in [0.15, 0.2) is 63.8 Å². The van der Waals surface area contributed by atoms with Crippen LogP contribution in [0.2, 0.25) is 0 Å². The fourth-order valence-corrected chi connectivity index (χ4v) is 2.54. The average molecular weight is 361 g/mol. The van der Waals surface area contributed by atoms with Gasteiger partial charge in [-0.05, 0) is 36.8 Å². The van der Waals surface area contributed by atoms with Crippen LogP contribution in [0.5, 0.6) is 0 Å². The molecule has 1 N–H and O–H groups in total. The number of amides is 1. The van der Waals surface area contributed by atoms with E-state index in [2.05, 4.69) is 5.32 Å². The summed E-state index contributed by atoms with van der Waals surface area (Å²) in [4.78, 5) is 24.4. The maximum absolute atomic E-state index is 12.6. The molecule has 3 aromatic rings. The van der Waals surface area contributed by atoms with E-state index < -0.39 is 29.3 Å². The molecule has 134 valence electrons. The summed E-state index contributed by atoms with van der Waals surface area (Å²) in [7, 11) is 0. The molecule has 0 aliphatic carbocycles. The van der Waals surface area contributed by atoms with Crippen molar-refractivity contribution in [2.24, 2.45) is 0 Å². The zero-order valence-electron chi connectivity index (χ0n) is 13.6. The predicted octanol–water partition coefficient (Wildman–Crippen LogP) is 4.30. The average Bonchev–Trinajstić information content (AvgIpc) is 2.60. The molecular formula is C19H14F3NO3. The van der Waals surface area contributed by atoms with Crippen LogP contribution >= 0.6 is 0 Å². The number of halogens is 3. The molecule has 1 aromatic heterocycles. The third-order valence-corrected chi connectivity index (χ3v) is 3.97. The molecule has 0 saturated carbocycles. The summed E-state index contributed by atoms with van der Waals surface area (Å²) < 4.78 is 42.9. The van der Waals surface area contributed by atoms with Crippen molar-refractivity contribution in [3.63, 3.8) is 0 Å². The van der Waals surface area contributed by atoms with E-state index in [4.69, 9.17) is 4.42 Å². The zero-order valence-corrected chi connectivity index (χ0v) is 13.6. The molecule has 7 heteroatoms. The summed E-state index contributed by atoms with van der Waals surface area (Å²) in [6.45, 7) is 1.61. The molecule has 0 aliphatic rings. The van der Waals surface area contributed by atoms with E-state index in [0.29, 0.717) is 16.5 Å². The second kappa shape index (κ2) is 6.67. The minimum Gasteiger partial charge on any atom is -0.422 e. The van der Waals surface area contributed by atoms with Crippen LogP contribution in [0.4, 0.5) is 13.2 Å². The number of carbonyl (C=O) groups excluding carboxylic acids is 1. The third kappa shape index (κ3) is 3.61. The first-order chi connectivity index (χ1) is 12.3. The van der Waals surface area contributed by atoms with Crippen LogP contribution in [0.25, 0.3) is 11.0 Å². The molecule has 0 saturated heterocycles. The Morgan fingerprint density at radius 3 is 2.38 bits per heavy atom. The molecule has 2 aromatic carbocycles. The smallest absolute Gasteiger partial charge is 0.416 e. The number of hydrogen-bond acceptors (Lipinski definition) is 3. The van der Waals surface area contributed by atoms with Gasteiger partial charge < -0.3 is 9.73 Å². The molecule has 3 rings (SSSR count). The first-order valence-corrected chi connectivity index (χ1v) is 7.76. The Bertz CT molecular complexity index is 1010. The van der Waals surface area contributed by atoms with Crippen molar-refractivity contribution in [2.45, 2.75) is 19.1 Å². The molecule has 1 amide bonds. The van der Waals surface area contributed by atoms with Gasteiger partial charge in [0.25, 0.3) is 5.91 Å². The van der Waals surface area contributed by atoms with Crippen LogP contribution < -0.4 is 10.9 Å². The van der Waals surface area contributed by atoms with Gasteiger partial charge >= 0.3 is 11.8 Å². The summed E-state index contributed by atoms with van der Waals surface area (Å²) >= 11 is 0. The predicted molar refractivity (Wildman–Crippen MR) is 89.8 cm³/mol. The Hall–Kier alpha value is -3.09. The summed E-state index contributed by atoms with van der Waals surface area (Å²) in [5.74, 6) is -0.656. The summed E-state index contributed by atoms with van der Waals surface area (Å²) in [6, 6.07) is 12.1. The van der Waals surface area contributed by atoms with Crippen molar-refractivity contribution in [3.8, 4) is 0 Å². The van der Waals surface area contributed by atoms with Crippen LogP contribution in [-0.4, -0.2) is 5.91 Å². The Morgan fingerprint density at radius 2 is 1.73 bits per heavy atom. The zero-order chi connectivity index (χ0) is 18.9. The molecule has 0 radical (unpaired) electrons. The van der Waals surface area contributed by atoms with Gasteiger partial charge in [-0.15, -0.1) is 0 Å². The molecule has 1 heterocycles. The number of carbonyl (C=O) groups is 1. The fraction of sp³-hybridized carbons (Fsp3) is 0.158. The van der Waals surface area contributed by atoms with Gasteiger partial charge in [0, 0.05) is 5.39 Å². The highest BCUT2D eigenvalue weighted by Crippen LogP contribution is 2.29. The van der Waals surface area contributed by atoms with Gasteiger partial charge in [-0.1, -0.05) is 30.3 Å². The standard InChI is InChI=1S/C19H14F3NO3/c1-11(12-6-8-14(9-7-12)19(20,21)22)23-17(24)15-10-13-4-2-3-5-16(13)26-18(15)25/h2-11H,1H3,(H,23,24)/t11-/m1/s1. The molecule has 4 nitrogen and oxygen atoms in total. The van der Waals surface area contributed by atoms with Crippen molar-refractivity contribution >= 4 is 16.9 Å². The first-order valence-electron chi connectivity index (χ1n) is 7.76. The molecular weight excluding hydrogens is 347 g/mol. The minimum atomic E-state index is -4.42. The van der Waals surface area contributed by atoms with E-state index in [0.717, 1.165) is 12.1 Å². The largest absolute Gasteiger partial charge is 0.422 e. The van der Waals surface area contributed by atoms with Gasteiger partial charge in [0.2, 0.25) is 0 Å². The van der Waals surface area contributed by atoms with Gasteiger partial charge in [-0.2, -0.15) is 13.2 Å². The number of alkyl halides is 3. The SMILES string of the molecule is C[C@@H](NC(=O)c1cc2ccccc2oc1=O)c1ccc(C(F)(F)F)cc1. The minimum absolute atomic E-state index is 0.164. The van der Waals surface area contributed by atoms with E-state index in [1.54, 1.807) is 31.2 Å². The molecule has 26 heavy (non-hydrogen) atoms. The van der Waals surface area contributed by atoms with Gasteiger partial charge in [0.1, 0.15) is 11.1 Å². The van der Waals surface area contributed by atoms with Crippen LogP contribution in [-0.2, 0) is 6.18 Å². The Kier molecular flexibility index (Phi) is 4.54. The Balaban J connectivity index is 1.81. The highest BCUT2D eigenvalue weighted by atomic mass is 19.4. The number of fused-ring (bicyclic) bond motifs is 1. The topological polar surface area (TPSA) is 59.3 Å². The normalized spacial score (nSPS) is 12.8. The lowest BCUT2D eigenvalue weighted by Crippen LogP contribution is -2.30. The quantitative estimate of drug-likeness (QED) is 0.708. The summed E-state index contributed by atoms with van der Waals surface area (Å²) in [5.41, 5.74) is -0.861. The van der Waals surface area contributed by atoms with Crippen molar-refractivity contribution in [2.75, 3.05) is 0 Å².